The van der Waals surface area contributed by atoms with Gasteiger partial charge in [-0.05, 0) is 26.0 Å². The normalized spacial score (nSPS) is 10.7. The first-order chi connectivity index (χ1) is 10.5. The molecule has 0 atom stereocenters. The maximum Gasteiger partial charge on any atom is 0.322 e. The van der Waals surface area contributed by atoms with E-state index in [-0.39, 0.29) is 17.5 Å². The van der Waals surface area contributed by atoms with Crippen molar-refractivity contribution in [2.24, 2.45) is 0 Å². The maximum absolute atomic E-state index is 13.5. The van der Waals surface area contributed by atoms with E-state index >= 15 is 0 Å². The molecule has 2 heterocycles. The first-order valence-electron chi connectivity index (χ1n) is 6.38. The second kappa shape index (κ2) is 5.64. The molecular weight excluding hydrogens is 307 g/mol. The molecule has 3 rings (SSSR count). The molecule has 1 aromatic carbocycles. The molecule has 0 radical (unpaired) electrons. The van der Waals surface area contributed by atoms with Gasteiger partial charge in [-0.2, -0.15) is 0 Å². The van der Waals surface area contributed by atoms with E-state index < -0.39 is 11.7 Å². The van der Waals surface area contributed by atoms with Crippen LogP contribution in [0.1, 0.15) is 21.1 Å². The van der Waals surface area contributed by atoms with E-state index in [2.05, 4.69) is 20.5 Å². The molecule has 1 amide bonds. The number of halogens is 1. The lowest BCUT2D eigenvalue weighted by Gasteiger charge is -2.01. The van der Waals surface area contributed by atoms with Crippen LogP contribution in [0.4, 0.5) is 10.4 Å². The van der Waals surface area contributed by atoms with Gasteiger partial charge < -0.3 is 4.42 Å². The highest BCUT2D eigenvalue weighted by atomic mass is 32.1. The van der Waals surface area contributed by atoms with Gasteiger partial charge in [0.05, 0.1) is 16.3 Å². The quantitative estimate of drug-likeness (QED) is 0.802. The molecule has 1 N–H and O–H groups in total. The lowest BCUT2D eigenvalue weighted by Crippen LogP contribution is -2.13. The maximum atomic E-state index is 13.5. The minimum absolute atomic E-state index is 0.0892. The number of hydrogen-bond donors (Lipinski definition) is 1. The monoisotopic (exact) mass is 318 g/mol. The fourth-order valence-electron chi connectivity index (χ4n) is 1.91. The second-order valence-corrected chi connectivity index (χ2v) is 5.70. The van der Waals surface area contributed by atoms with Crippen molar-refractivity contribution in [2.75, 3.05) is 5.32 Å². The summed E-state index contributed by atoms with van der Waals surface area (Å²) >= 11 is 1.42. The van der Waals surface area contributed by atoms with Crippen LogP contribution in [0.25, 0.3) is 10.8 Å². The first-order valence-corrected chi connectivity index (χ1v) is 7.20. The number of nitrogens with zero attached hydrogens (tertiary/aromatic N) is 3. The van der Waals surface area contributed by atoms with Crippen LogP contribution in [-0.4, -0.2) is 21.1 Å². The van der Waals surface area contributed by atoms with Crippen LogP contribution in [0.3, 0.4) is 0 Å². The van der Waals surface area contributed by atoms with Crippen LogP contribution in [0.15, 0.2) is 28.7 Å². The summed E-state index contributed by atoms with van der Waals surface area (Å²) in [5.41, 5.74) is 0.685. The minimum Gasteiger partial charge on any atom is -0.402 e. The summed E-state index contributed by atoms with van der Waals surface area (Å²) in [6.07, 6.45) is 0. The summed E-state index contributed by atoms with van der Waals surface area (Å²) in [5.74, 6) is -0.994. The Bertz CT molecular complexity index is 843. The Balaban J connectivity index is 1.82. The predicted molar refractivity (Wildman–Crippen MR) is 79.2 cm³/mol. The highest BCUT2D eigenvalue weighted by Gasteiger charge is 2.17. The Morgan fingerprint density at radius 3 is 2.73 bits per heavy atom. The lowest BCUT2D eigenvalue weighted by molar-refractivity contribution is 0.102. The third-order valence-corrected chi connectivity index (χ3v) is 3.92. The fraction of sp³-hybridized carbons (Fsp3) is 0.143. The average Bonchev–Trinajstić information content (AvgIpc) is 3.05. The highest BCUT2D eigenvalue weighted by molar-refractivity contribution is 7.15. The molecule has 3 aromatic rings. The Labute approximate surface area is 129 Å². The van der Waals surface area contributed by atoms with Crippen LogP contribution >= 0.6 is 11.3 Å². The van der Waals surface area contributed by atoms with Gasteiger partial charge in [0.1, 0.15) is 10.7 Å². The van der Waals surface area contributed by atoms with Gasteiger partial charge in [0, 0.05) is 0 Å². The van der Waals surface area contributed by atoms with E-state index in [0.29, 0.717) is 0 Å². The number of nitrogens with one attached hydrogen (secondary N) is 1. The average molecular weight is 318 g/mol. The Kier molecular flexibility index (Phi) is 3.68. The molecule has 0 bridgehead atoms. The van der Waals surface area contributed by atoms with E-state index in [9.17, 15) is 9.18 Å². The molecule has 0 aliphatic rings. The first kappa shape index (κ1) is 14.3. The van der Waals surface area contributed by atoms with Crippen molar-refractivity contribution in [3.8, 4) is 10.8 Å². The van der Waals surface area contributed by atoms with E-state index in [1.807, 2.05) is 13.8 Å². The summed E-state index contributed by atoms with van der Waals surface area (Å²) in [4.78, 5) is 17.0. The van der Waals surface area contributed by atoms with E-state index in [4.69, 9.17) is 4.42 Å². The molecule has 0 aliphatic heterocycles. The summed E-state index contributed by atoms with van der Waals surface area (Å²) in [6, 6.07) is 5.57. The van der Waals surface area contributed by atoms with Crippen molar-refractivity contribution in [1.82, 2.24) is 15.2 Å². The molecule has 22 heavy (non-hydrogen) atoms. The number of thiazole rings is 1. The highest BCUT2D eigenvalue weighted by Crippen LogP contribution is 2.29. The van der Waals surface area contributed by atoms with Crippen LogP contribution in [0.2, 0.25) is 0 Å². The minimum atomic E-state index is -0.648. The van der Waals surface area contributed by atoms with Gasteiger partial charge in [-0.25, -0.2) is 9.37 Å². The van der Waals surface area contributed by atoms with Crippen molar-refractivity contribution in [3.63, 3.8) is 0 Å². The number of carbonyl (C=O) groups excluding carboxylic acids is 1. The van der Waals surface area contributed by atoms with E-state index in [0.717, 1.165) is 15.6 Å². The molecule has 112 valence electrons. The third-order valence-electron chi connectivity index (χ3n) is 2.86. The molecular formula is C14H11FN4O2S. The summed E-state index contributed by atoms with van der Waals surface area (Å²) in [6.45, 7) is 3.71. The van der Waals surface area contributed by atoms with Crippen molar-refractivity contribution >= 4 is 23.3 Å². The van der Waals surface area contributed by atoms with Gasteiger partial charge in [0.2, 0.25) is 0 Å². The zero-order valence-corrected chi connectivity index (χ0v) is 12.6. The van der Waals surface area contributed by atoms with Gasteiger partial charge in [0.15, 0.2) is 0 Å². The number of carbonyl (C=O) groups is 1. The van der Waals surface area contributed by atoms with Crippen LogP contribution < -0.4 is 5.32 Å². The molecule has 0 spiro atoms. The Morgan fingerprint density at radius 1 is 1.27 bits per heavy atom. The lowest BCUT2D eigenvalue weighted by atomic mass is 10.2. The summed E-state index contributed by atoms with van der Waals surface area (Å²) in [5, 5.41) is 10.9. The molecule has 0 saturated heterocycles. The zero-order valence-electron chi connectivity index (χ0n) is 11.8. The number of aromatic nitrogens is 3. The van der Waals surface area contributed by atoms with Gasteiger partial charge in [-0.1, -0.05) is 17.2 Å². The van der Waals surface area contributed by atoms with Crippen molar-refractivity contribution in [1.29, 1.82) is 0 Å². The number of aryl methyl sites for hydroxylation is 2. The van der Waals surface area contributed by atoms with Gasteiger partial charge >= 0.3 is 6.01 Å². The Hall–Kier alpha value is -2.61. The second-order valence-electron chi connectivity index (χ2n) is 4.49. The third kappa shape index (κ3) is 2.73. The van der Waals surface area contributed by atoms with Crippen molar-refractivity contribution in [3.05, 3.63) is 46.3 Å². The fourth-order valence-corrected chi connectivity index (χ4v) is 2.75. The number of hydrogen-bond acceptors (Lipinski definition) is 6. The van der Waals surface area contributed by atoms with Crippen LogP contribution in [0, 0.1) is 19.7 Å². The van der Waals surface area contributed by atoms with Crippen molar-refractivity contribution in [2.45, 2.75) is 13.8 Å². The number of rotatable bonds is 3. The zero-order chi connectivity index (χ0) is 15.7. The van der Waals surface area contributed by atoms with Crippen LogP contribution in [-0.2, 0) is 0 Å². The Morgan fingerprint density at radius 2 is 2.05 bits per heavy atom. The van der Waals surface area contributed by atoms with Crippen molar-refractivity contribution < 1.29 is 13.6 Å². The summed E-state index contributed by atoms with van der Waals surface area (Å²) in [7, 11) is 0. The van der Waals surface area contributed by atoms with E-state index in [1.165, 1.54) is 29.5 Å². The van der Waals surface area contributed by atoms with Gasteiger partial charge in [-0.3, -0.25) is 10.1 Å². The van der Waals surface area contributed by atoms with Gasteiger partial charge in [-0.15, -0.1) is 16.4 Å². The van der Waals surface area contributed by atoms with Crippen LogP contribution in [0.5, 0.6) is 0 Å². The number of benzene rings is 1. The standard InChI is InChI=1S/C14H11FN4O2S/c1-7-11(22-8(2)16-7)13-18-19-14(21-13)17-12(20)9-5-3-4-6-10(9)15/h3-6H,1-2H3,(H,17,19,20). The molecule has 2 aromatic heterocycles. The summed E-state index contributed by atoms with van der Waals surface area (Å²) < 4.78 is 18.9. The molecule has 0 aliphatic carbocycles. The topological polar surface area (TPSA) is 80.9 Å². The van der Waals surface area contributed by atoms with Gasteiger partial charge in [0.25, 0.3) is 11.8 Å². The predicted octanol–water partition coefficient (Wildman–Crippen LogP) is 3.20. The SMILES string of the molecule is Cc1nc(C)c(-c2nnc(NC(=O)c3ccccc3F)o2)s1. The largest absolute Gasteiger partial charge is 0.402 e. The molecule has 0 saturated carbocycles. The smallest absolute Gasteiger partial charge is 0.322 e. The molecule has 8 heteroatoms. The molecule has 0 fully saturated rings. The molecule has 0 unspecified atom stereocenters. The number of anilines is 1. The van der Waals surface area contributed by atoms with E-state index in [1.54, 1.807) is 6.07 Å². The number of amides is 1. The molecule has 6 nitrogen and oxygen atoms in total.